The molecular formula is C16H12ClNO3S. The lowest BCUT2D eigenvalue weighted by Gasteiger charge is -2.07. The number of nitrogens with zero attached hydrogens (tertiary/aromatic N) is 1. The molecule has 0 atom stereocenters. The SMILES string of the molecule is CSc1ccc2cc(COC(=O)c3ccco3)c(Cl)nc2c1. The summed E-state index contributed by atoms with van der Waals surface area (Å²) >= 11 is 7.82. The number of fused-ring (bicyclic) bond motifs is 1. The van der Waals surface area contributed by atoms with Gasteiger partial charge in [0.1, 0.15) is 11.8 Å². The van der Waals surface area contributed by atoms with E-state index in [1.54, 1.807) is 23.9 Å². The third kappa shape index (κ3) is 3.10. The number of benzene rings is 1. The Hall–Kier alpha value is -1.98. The van der Waals surface area contributed by atoms with Crippen LogP contribution in [0.15, 0.2) is 52.0 Å². The fourth-order valence-corrected chi connectivity index (χ4v) is 2.64. The van der Waals surface area contributed by atoms with Crippen molar-refractivity contribution < 1.29 is 13.9 Å². The van der Waals surface area contributed by atoms with Crippen LogP contribution in [0.25, 0.3) is 10.9 Å². The molecule has 0 spiro atoms. The maximum Gasteiger partial charge on any atom is 0.374 e. The molecule has 4 nitrogen and oxygen atoms in total. The average molecular weight is 334 g/mol. The van der Waals surface area contributed by atoms with Crippen molar-refractivity contribution in [3.05, 3.63) is 59.1 Å². The largest absolute Gasteiger partial charge is 0.457 e. The van der Waals surface area contributed by atoms with Gasteiger partial charge in [0.05, 0.1) is 11.8 Å². The fourth-order valence-electron chi connectivity index (χ4n) is 2.00. The van der Waals surface area contributed by atoms with E-state index in [-0.39, 0.29) is 12.4 Å². The van der Waals surface area contributed by atoms with E-state index in [1.807, 2.05) is 30.5 Å². The van der Waals surface area contributed by atoms with Crippen LogP contribution in [0.5, 0.6) is 0 Å². The molecule has 2 aromatic heterocycles. The molecule has 1 aromatic carbocycles. The van der Waals surface area contributed by atoms with Gasteiger partial charge >= 0.3 is 5.97 Å². The second-order valence-corrected chi connectivity index (χ2v) is 5.79. The van der Waals surface area contributed by atoms with Crippen molar-refractivity contribution in [3.8, 4) is 0 Å². The molecule has 2 heterocycles. The van der Waals surface area contributed by atoms with E-state index < -0.39 is 5.97 Å². The van der Waals surface area contributed by atoms with E-state index in [0.717, 1.165) is 15.8 Å². The van der Waals surface area contributed by atoms with Gasteiger partial charge in [-0.1, -0.05) is 17.7 Å². The van der Waals surface area contributed by atoms with Gasteiger partial charge in [-0.2, -0.15) is 0 Å². The van der Waals surface area contributed by atoms with Crippen molar-refractivity contribution in [1.29, 1.82) is 0 Å². The minimum absolute atomic E-state index is 0.0472. The summed E-state index contributed by atoms with van der Waals surface area (Å²) in [6.07, 6.45) is 3.43. The molecule has 0 saturated carbocycles. The van der Waals surface area contributed by atoms with Crippen molar-refractivity contribution in [2.45, 2.75) is 11.5 Å². The Balaban J connectivity index is 1.82. The summed E-state index contributed by atoms with van der Waals surface area (Å²) in [5.41, 5.74) is 1.48. The molecular weight excluding hydrogens is 322 g/mol. The standard InChI is InChI=1S/C16H12ClNO3S/c1-22-12-5-4-10-7-11(15(17)18-13(10)8-12)9-21-16(19)14-3-2-6-20-14/h2-8H,9H2,1H3. The third-order valence-corrected chi connectivity index (χ3v) is 4.18. The highest BCUT2D eigenvalue weighted by Gasteiger charge is 2.12. The normalized spacial score (nSPS) is 10.8. The average Bonchev–Trinajstić information content (AvgIpc) is 3.06. The Morgan fingerprint density at radius 2 is 2.23 bits per heavy atom. The highest BCUT2D eigenvalue weighted by atomic mass is 35.5. The Morgan fingerprint density at radius 1 is 1.36 bits per heavy atom. The molecule has 3 aromatic rings. The minimum Gasteiger partial charge on any atom is -0.457 e. The summed E-state index contributed by atoms with van der Waals surface area (Å²) < 4.78 is 10.2. The molecule has 3 rings (SSSR count). The van der Waals surface area contributed by atoms with Crippen LogP contribution < -0.4 is 0 Å². The molecule has 0 fully saturated rings. The van der Waals surface area contributed by atoms with Crippen molar-refractivity contribution in [2.24, 2.45) is 0 Å². The maximum absolute atomic E-state index is 11.8. The van der Waals surface area contributed by atoms with E-state index in [2.05, 4.69) is 4.98 Å². The van der Waals surface area contributed by atoms with Crippen LogP contribution >= 0.6 is 23.4 Å². The number of hydrogen-bond acceptors (Lipinski definition) is 5. The fraction of sp³-hybridized carbons (Fsp3) is 0.125. The maximum atomic E-state index is 11.8. The molecule has 0 unspecified atom stereocenters. The second kappa shape index (κ2) is 6.42. The first kappa shape index (κ1) is 14.9. The van der Waals surface area contributed by atoms with E-state index >= 15 is 0 Å². The van der Waals surface area contributed by atoms with E-state index in [1.165, 1.54) is 6.26 Å². The zero-order valence-corrected chi connectivity index (χ0v) is 13.3. The molecule has 0 aliphatic heterocycles. The number of aromatic nitrogens is 1. The lowest BCUT2D eigenvalue weighted by Crippen LogP contribution is -2.04. The predicted octanol–water partition coefficient (Wildman–Crippen LogP) is 4.56. The van der Waals surface area contributed by atoms with Gasteiger partial charge in [-0.05, 0) is 36.6 Å². The van der Waals surface area contributed by atoms with Gasteiger partial charge in [-0.15, -0.1) is 11.8 Å². The van der Waals surface area contributed by atoms with Gasteiger partial charge < -0.3 is 9.15 Å². The number of pyridine rings is 1. The van der Waals surface area contributed by atoms with Gasteiger partial charge in [0, 0.05) is 15.8 Å². The van der Waals surface area contributed by atoms with Crippen molar-refractivity contribution in [3.63, 3.8) is 0 Å². The molecule has 22 heavy (non-hydrogen) atoms. The van der Waals surface area contributed by atoms with Gasteiger partial charge in [-0.3, -0.25) is 0 Å². The van der Waals surface area contributed by atoms with Crippen LogP contribution in [-0.2, 0) is 11.3 Å². The molecule has 0 radical (unpaired) electrons. The molecule has 0 aliphatic rings. The second-order valence-electron chi connectivity index (χ2n) is 4.55. The minimum atomic E-state index is -0.529. The molecule has 0 saturated heterocycles. The highest BCUT2D eigenvalue weighted by Crippen LogP contribution is 2.25. The Labute approximate surface area is 136 Å². The Kier molecular flexibility index (Phi) is 4.36. The number of thioether (sulfide) groups is 1. The predicted molar refractivity (Wildman–Crippen MR) is 86.4 cm³/mol. The first-order chi connectivity index (χ1) is 10.7. The molecule has 112 valence electrons. The first-order valence-electron chi connectivity index (χ1n) is 6.51. The van der Waals surface area contributed by atoms with Crippen molar-refractivity contribution >= 4 is 40.2 Å². The van der Waals surface area contributed by atoms with Crippen molar-refractivity contribution in [1.82, 2.24) is 4.98 Å². The smallest absolute Gasteiger partial charge is 0.374 e. The topological polar surface area (TPSA) is 52.3 Å². The number of furan rings is 1. The van der Waals surface area contributed by atoms with Crippen LogP contribution in [-0.4, -0.2) is 17.2 Å². The number of carbonyl (C=O) groups excluding carboxylic acids is 1. The lowest BCUT2D eigenvalue weighted by atomic mass is 10.2. The van der Waals surface area contributed by atoms with E-state index in [9.17, 15) is 4.79 Å². The monoisotopic (exact) mass is 333 g/mol. The number of hydrogen-bond donors (Lipinski definition) is 0. The number of carbonyl (C=O) groups is 1. The summed E-state index contributed by atoms with van der Waals surface area (Å²) in [5.74, 6) is -0.367. The summed E-state index contributed by atoms with van der Waals surface area (Å²) in [4.78, 5) is 17.2. The third-order valence-electron chi connectivity index (χ3n) is 3.13. The number of esters is 1. The Bertz CT molecular complexity index is 818. The van der Waals surface area contributed by atoms with Crippen LogP contribution in [0.3, 0.4) is 0 Å². The van der Waals surface area contributed by atoms with Gasteiger partial charge in [0.2, 0.25) is 5.76 Å². The molecule has 0 amide bonds. The van der Waals surface area contributed by atoms with E-state index in [4.69, 9.17) is 20.8 Å². The van der Waals surface area contributed by atoms with Crippen LogP contribution in [0.4, 0.5) is 0 Å². The summed E-state index contributed by atoms with van der Waals surface area (Å²) in [7, 11) is 0. The van der Waals surface area contributed by atoms with Gasteiger partial charge in [0.25, 0.3) is 0 Å². The zero-order chi connectivity index (χ0) is 15.5. The van der Waals surface area contributed by atoms with Gasteiger partial charge in [-0.25, -0.2) is 9.78 Å². The molecule has 0 N–H and O–H groups in total. The summed E-state index contributed by atoms with van der Waals surface area (Å²) in [6, 6.07) is 11.0. The summed E-state index contributed by atoms with van der Waals surface area (Å²) in [6.45, 7) is 0.0472. The molecule has 6 heteroatoms. The highest BCUT2D eigenvalue weighted by molar-refractivity contribution is 7.98. The number of ether oxygens (including phenoxy) is 1. The lowest BCUT2D eigenvalue weighted by molar-refractivity contribution is 0.0436. The zero-order valence-electron chi connectivity index (χ0n) is 11.7. The van der Waals surface area contributed by atoms with Crippen LogP contribution in [0.1, 0.15) is 16.1 Å². The molecule has 0 aliphatic carbocycles. The Morgan fingerprint density at radius 3 is 2.95 bits per heavy atom. The van der Waals surface area contributed by atoms with Gasteiger partial charge in [0.15, 0.2) is 0 Å². The van der Waals surface area contributed by atoms with Crippen molar-refractivity contribution in [2.75, 3.05) is 6.26 Å². The molecule has 0 bridgehead atoms. The van der Waals surface area contributed by atoms with Crippen LogP contribution in [0, 0.1) is 0 Å². The summed E-state index contributed by atoms with van der Waals surface area (Å²) in [5, 5.41) is 1.28. The quantitative estimate of drug-likeness (QED) is 0.398. The number of rotatable bonds is 4. The van der Waals surface area contributed by atoms with E-state index in [0.29, 0.717) is 10.7 Å². The van der Waals surface area contributed by atoms with Crippen LogP contribution in [0.2, 0.25) is 5.15 Å². The first-order valence-corrected chi connectivity index (χ1v) is 8.11. The number of halogens is 1.